The molecule has 0 radical (unpaired) electrons. The molecular weight excluding hydrogens is 243 g/mol. The molecule has 1 aromatic rings. The Hall–Kier alpha value is -0.930. The molecular formula is C16H23FO2. The van der Waals surface area contributed by atoms with E-state index in [9.17, 15) is 9.50 Å². The lowest BCUT2D eigenvalue weighted by Crippen LogP contribution is -2.32. The van der Waals surface area contributed by atoms with E-state index in [0.29, 0.717) is 0 Å². The van der Waals surface area contributed by atoms with Gasteiger partial charge in [-0.2, -0.15) is 0 Å². The molecule has 2 rings (SSSR count). The van der Waals surface area contributed by atoms with Crippen molar-refractivity contribution >= 4 is 0 Å². The maximum atomic E-state index is 13.2. The van der Waals surface area contributed by atoms with Crippen molar-refractivity contribution in [2.24, 2.45) is 5.92 Å². The van der Waals surface area contributed by atoms with Crippen LogP contribution in [0.1, 0.15) is 51.3 Å². The fourth-order valence-electron chi connectivity index (χ4n) is 3.28. The molecule has 1 N–H and O–H groups in total. The topological polar surface area (TPSA) is 29.5 Å². The highest BCUT2D eigenvalue weighted by atomic mass is 19.1. The first-order valence-corrected chi connectivity index (χ1v) is 6.77. The highest BCUT2D eigenvalue weighted by Crippen LogP contribution is 2.47. The highest BCUT2D eigenvalue weighted by Gasteiger charge is 2.49. The van der Waals surface area contributed by atoms with Gasteiger partial charge in [0.2, 0.25) is 0 Å². The molecule has 0 amide bonds. The van der Waals surface area contributed by atoms with Gasteiger partial charge < -0.3 is 9.84 Å². The fraction of sp³-hybridized carbons (Fsp3) is 0.625. The molecule has 0 spiro atoms. The van der Waals surface area contributed by atoms with Gasteiger partial charge in [0, 0.05) is 5.92 Å². The van der Waals surface area contributed by atoms with Crippen LogP contribution in [0.3, 0.4) is 0 Å². The Kier molecular flexibility index (Phi) is 3.48. The molecule has 19 heavy (non-hydrogen) atoms. The van der Waals surface area contributed by atoms with Crippen molar-refractivity contribution in [1.29, 1.82) is 0 Å². The second kappa shape index (κ2) is 4.57. The molecule has 3 heteroatoms. The predicted molar refractivity (Wildman–Crippen MR) is 73.4 cm³/mol. The smallest absolute Gasteiger partial charge is 0.123 e. The van der Waals surface area contributed by atoms with E-state index in [1.54, 1.807) is 6.07 Å². The molecule has 2 unspecified atom stereocenters. The molecule has 0 aliphatic carbocycles. The molecule has 2 atom stereocenters. The van der Waals surface area contributed by atoms with Crippen molar-refractivity contribution < 1.29 is 14.2 Å². The average Bonchev–Trinajstić information content (AvgIpc) is 2.45. The number of aliphatic hydroxyl groups is 1. The third kappa shape index (κ3) is 2.82. The average molecular weight is 266 g/mol. The molecule has 106 valence electrons. The van der Waals surface area contributed by atoms with Crippen LogP contribution in [0.25, 0.3) is 0 Å². The lowest BCUT2D eigenvalue weighted by molar-refractivity contribution is -0.0880. The lowest BCUT2D eigenvalue weighted by atomic mass is 9.79. The normalized spacial score (nSPS) is 26.4. The summed E-state index contributed by atoms with van der Waals surface area (Å²) in [6.07, 6.45) is 0.162. The number of ether oxygens (including phenoxy) is 1. The molecule has 1 heterocycles. The fourth-order valence-corrected chi connectivity index (χ4v) is 3.28. The van der Waals surface area contributed by atoms with Crippen LogP contribution in [0, 0.1) is 18.7 Å². The van der Waals surface area contributed by atoms with Gasteiger partial charge in [0.25, 0.3) is 0 Å². The zero-order valence-electron chi connectivity index (χ0n) is 12.3. The van der Waals surface area contributed by atoms with E-state index in [1.165, 1.54) is 12.1 Å². The second-order valence-corrected chi connectivity index (χ2v) is 6.72. The van der Waals surface area contributed by atoms with E-state index in [1.807, 2.05) is 34.6 Å². The second-order valence-electron chi connectivity index (χ2n) is 6.72. The molecule has 1 aromatic carbocycles. The molecule has 1 aliphatic rings. The quantitative estimate of drug-likeness (QED) is 0.883. The summed E-state index contributed by atoms with van der Waals surface area (Å²) in [5.74, 6) is -0.262. The lowest BCUT2D eigenvalue weighted by Gasteiger charge is -2.31. The first kappa shape index (κ1) is 14.5. The molecule has 1 fully saturated rings. The molecule has 0 bridgehead atoms. The van der Waals surface area contributed by atoms with Crippen molar-refractivity contribution in [2.45, 2.75) is 58.3 Å². The number of aryl methyl sites for hydroxylation is 1. The van der Waals surface area contributed by atoms with E-state index < -0.39 is 6.10 Å². The van der Waals surface area contributed by atoms with Crippen molar-refractivity contribution in [1.82, 2.24) is 0 Å². The maximum Gasteiger partial charge on any atom is 0.123 e. The van der Waals surface area contributed by atoms with Crippen LogP contribution >= 0.6 is 0 Å². The molecule has 1 saturated heterocycles. The van der Waals surface area contributed by atoms with Crippen LogP contribution < -0.4 is 0 Å². The summed E-state index contributed by atoms with van der Waals surface area (Å²) in [5, 5.41) is 10.7. The van der Waals surface area contributed by atoms with Gasteiger partial charge in [-0.25, -0.2) is 4.39 Å². The zero-order valence-corrected chi connectivity index (χ0v) is 12.3. The van der Waals surface area contributed by atoms with E-state index in [4.69, 9.17) is 4.74 Å². The Morgan fingerprint density at radius 2 is 1.95 bits per heavy atom. The minimum Gasteiger partial charge on any atom is -0.388 e. The predicted octanol–water partition coefficient (Wildman–Crippen LogP) is 3.76. The van der Waals surface area contributed by atoms with Crippen LogP contribution in [-0.2, 0) is 4.74 Å². The third-order valence-corrected chi connectivity index (χ3v) is 4.08. The van der Waals surface area contributed by atoms with E-state index in [-0.39, 0.29) is 22.9 Å². The van der Waals surface area contributed by atoms with Gasteiger partial charge in [0.1, 0.15) is 5.82 Å². The minimum atomic E-state index is -0.627. The summed E-state index contributed by atoms with van der Waals surface area (Å²) >= 11 is 0. The van der Waals surface area contributed by atoms with E-state index in [2.05, 4.69) is 0 Å². The Morgan fingerprint density at radius 1 is 1.32 bits per heavy atom. The maximum absolute atomic E-state index is 13.2. The van der Waals surface area contributed by atoms with Crippen molar-refractivity contribution in [3.05, 3.63) is 35.1 Å². The number of hydrogen-bond acceptors (Lipinski definition) is 2. The molecule has 1 aliphatic heterocycles. The summed E-state index contributed by atoms with van der Waals surface area (Å²) in [4.78, 5) is 0. The number of aliphatic hydroxyl groups excluding tert-OH is 1. The van der Waals surface area contributed by atoms with Gasteiger partial charge in [0.15, 0.2) is 0 Å². The van der Waals surface area contributed by atoms with Gasteiger partial charge in [-0.15, -0.1) is 0 Å². The van der Waals surface area contributed by atoms with E-state index >= 15 is 0 Å². The Bertz CT molecular complexity index is 480. The summed E-state index contributed by atoms with van der Waals surface area (Å²) in [6, 6.07) is 4.54. The number of benzene rings is 1. The summed E-state index contributed by atoms with van der Waals surface area (Å²) < 4.78 is 19.2. The number of hydrogen-bond donors (Lipinski definition) is 1. The molecule has 0 saturated carbocycles. The number of rotatable bonds is 2. The van der Waals surface area contributed by atoms with Crippen molar-refractivity contribution in [2.75, 3.05) is 0 Å². The standard InChI is InChI=1S/C16H23FO2/c1-10-8-11(17)6-7-12(10)14(18)13-9-15(2,3)19-16(13,4)5/h6-8,13-14,18H,9H2,1-5H3. The molecule has 2 nitrogen and oxygen atoms in total. The highest BCUT2D eigenvalue weighted by molar-refractivity contribution is 5.29. The van der Waals surface area contributed by atoms with Crippen LogP contribution in [0.5, 0.6) is 0 Å². The van der Waals surface area contributed by atoms with Crippen LogP contribution in [0.4, 0.5) is 4.39 Å². The third-order valence-electron chi connectivity index (χ3n) is 4.08. The Balaban J connectivity index is 2.31. The number of halogens is 1. The first-order chi connectivity index (χ1) is 8.62. The minimum absolute atomic E-state index is 0.00617. The zero-order chi connectivity index (χ0) is 14.4. The SMILES string of the molecule is Cc1cc(F)ccc1C(O)C1CC(C)(C)OC1(C)C. The van der Waals surface area contributed by atoms with Crippen LogP contribution in [-0.4, -0.2) is 16.3 Å². The summed E-state index contributed by atoms with van der Waals surface area (Å²) in [6.45, 7) is 9.93. The van der Waals surface area contributed by atoms with E-state index in [0.717, 1.165) is 17.5 Å². The van der Waals surface area contributed by atoms with Gasteiger partial charge in [-0.3, -0.25) is 0 Å². The Morgan fingerprint density at radius 3 is 2.42 bits per heavy atom. The first-order valence-electron chi connectivity index (χ1n) is 6.77. The van der Waals surface area contributed by atoms with Crippen LogP contribution in [0.2, 0.25) is 0 Å². The summed E-state index contributed by atoms with van der Waals surface area (Å²) in [7, 11) is 0. The van der Waals surface area contributed by atoms with Gasteiger partial charge in [-0.05, 0) is 64.3 Å². The van der Waals surface area contributed by atoms with Gasteiger partial charge >= 0.3 is 0 Å². The van der Waals surface area contributed by atoms with Crippen molar-refractivity contribution in [3.63, 3.8) is 0 Å². The Labute approximate surface area is 114 Å². The van der Waals surface area contributed by atoms with Crippen molar-refractivity contribution in [3.8, 4) is 0 Å². The monoisotopic (exact) mass is 266 g/mol. The molecule has 0 aromatic heterocycles. The van der Waals surface area contributed by atoms with Gasteiger partial charge in [-0.1, -0.05) is 6.07 Å². The summed E-state index contributed by atoms with van der Waals surface area (Å²) in [5.41, 5.74) is 0.959. The van der Waals surface area contributed by atoms with Crippen LogP contribution in [0.15, 0.2) is 18.2 Å². The van der Waals surface area contributed by atoms with Gasteiger partial charge in [0.05, 0.1) is 17.3 Å². The largest absolute Gasteiger partial charge is 0.388 e.